The largest absolute Gasteiger partial charge is 0.396 e. The van der Waals surface area contributed by atoms with E-state index in [2.05, 4.69) is 10.3 Å². The van der Waals surface area contributed by atoms with Gasteiger partial charge >= 0.3 is 0 Å². The Morgan fingerprint density at radius 2 is 1.62 bits per heavy atom. The van der Waals surface area contributed by atoms with Crippen molar-refractivity contribution in [3.05, 3.63) is 82.0 Å². The molecule has 3 aromatic rings. The van der Waals surface area contributed by atoms with Crippen molar-refractivity contribution in [3.8, 4) is 0 Å². The Balaban J connectivity index is 1.80. The number of hydrogen-bond donors (Lipinski definition) is 2. The molecule has 120 valence electrons. The van der Waals surface area contributed by atoms with Crippen LogP contribution in [-0.4, -0.2) is 4.98 Å². The van der Waals surface area contributed by atoms with E-state index in [0.29, 0.717) is 21.6 Å². The molecule has 0 aliphatic rings. The first-order chi connectivity index (χ1) is 11.6. The number of hydrogen-bond acceptors (Lipinski definition) is 3. The quantitative estimate of drug-likeness (QED) is 0.574. The van der Waals surface area contributed by atoms with Crippen molar-refractivity contribution in [2.24, 2.45) is 0 Å². The molecular formula is C19H15Cl2N3. The average molecular weight is 356 g/mol. The van der Waals surface area contributed by atoms with E-state index in [9.17, 15) is 0 Å². The fraction of sp³-hybridized carbons (Fsp3) is 0. The van der Waals surface area contributed by atoms with Gasteiger partial charge in [0.1, 0.15) is 0 Å². The number of halogens is 2. The smallest absolute Gasteiger partial charge is 0.153 e. The maximum atomic E-state index is 6.02. The van der Waals surface area contributed by atoms with Gasteiger partial charge in [0.15, 0.2) is 5.82 Å². The van der Waals surface area contributed by atoms with Crippen LogP contribution in [0.5, 0.6) is 0 Å². The summed E-state index contributed by atoms with van der Waals surface area (Å²) in [4.78, 5) is 4.23. The predicted molar refractivity (Wildman–Crippen MR) is 104 cm³/mol. The van der Waals surface area contributed by atoms with Crippen molar-refractivity contribution in [1.29, 1.82) is 0 Å². The highest BCUT2D eigenvalue weighted by Gasteiger charge is 2.00. The van der Waals surface area contributed by atoms with E-state index in [4.69, 9.17) is 28.9 Å². The summed E-state index contributed by atoms with van der Waals surface area (Å²) in [6, 6.07) is 17.0. The van der Waals surface area contributed by atoms with Gasteiger partial charge in [-0.05, 0) is 53.6 Å². The van der Waals surface area contributed by atoms with Crippen LogP contribution in [0.4, 0.5) is 17.2 Å². The SMILES string of the molecule is Nc1cccnc1Nc1cccc(C=Cc2cc(Cl)cc(Cl)c2)c1. The summed E-state index contributed by atoms with van der Waals surface area (Å²) in [6.07, 6.45) is 5.66. The normalized spacial score (nSPS) is 10.9. The summed E-state index contributed by atoms with van der Waals surface area (Å²) >= 11 is 12.0. The molecule has 3 rings (SSSR count). The number of nitrogen functional groups attached to an aromatic ring is 1. The van der Waals surface area contributed by atoms with Gasteiger partial charge in [-0.2, -0.15) is 0 Å². The molecule has 0 radical (unpaired) electrons. The van der Waals surface area contributed by atoms with Gasteiger partial charge in [-0.1, -0.05) is 47.5 Å². The summed E-state index contributed by atoms with van der Waals surface area (Å²) in [5.74, 6) is 0.639. The predicted octanol–water partition coefficient (Wildman–Crippen LogP) is 5.88. The minimum absolute atomic E-state index is 0.604. The molecule has 1 heterocycles. The maximum Gasteiger partial charge on any atom is 0.153 e. The molecule has 3 N–H and O–H groups in total. The van der Waals surface area contributed by atoms with Crippen LogP contribution in [-0.2, 0) is 0 Å². The van der Waals surface area contributed by atoms with Gasteiger partial charge in [-0.25, -0.2) is 4.98 Å². The van der Waals surface area contributed by atoms with E-state index in [0.717, 1.165) is 16.8 Å². The van der Waals surface area contributed by atoms with Gasteiger partial charge in [0, 0.05) is 21.9 Å². The number of nitrogens with two attached hydrogens (primary N) is 1. The van der Waals surface area contributed by atoms with Crippen LogP contribution in [0.3, 0.4) is 0 Å². The molecule has 0 fully saturated rings. The zero-order chi connectivity index (χ0) is 16.9. The number of nitrogens with one attached hydrogen (secondary N) is 1. The second-order valence-corrected chi connectivity index (χ2v) is 6.10. The first-order valence-electron chi connectivity index (χ1n) is 7.32. The lowest BCUT2D eigenvalue weighted by Gasteiger charge is -2.08. The molecule has 0 saturated carbocycles. The Morgan fingerprint density at radius 3 is 2.38 bits per heavy atom. The molecule has 0 amide bonds. The molecule has 0 atom stereocenters. The van der Waals surface area contributed by atoms with Crippen LogP contribution in [0.1, 0.15) is 11.1 Å². The summed E-state index contributed by atoms with van der Waals surface area (Å²) < 4.78 is 0. The minimum Gasteiger partial charge on any atom is -0.396 e. The van der Waals surface area contributed by atoms with Crippen molar-refractivity contribution in [2.75, 3.05) is 11.1 Å². The molecule has 24 heavy (non-hydrogen) atoms. The highest BCUT2D eigenvalue weighted by molar-refractivity contribution is 6.34. The zero-order valence-corrected chi connectivity index (χ0v) is 14.2. The van der Waals surface area contributed by atoms with Crippen LogP contribution in [0, 0.1) is 0 Å². The first-order valence-corrected chi connectivity index (χ1v) is 8.07. The molecule has 2 aromatic carbocycles. The summed E-state index contributed by atoms with van der Waals surface area (Å²) in [5.41, 5.74) is 9.40. The fourth-order valence-electron chi connectivity index (χ4n) is 2.24. The fourth-order valence-corrected chi connectivity index (χ4v) is 2.79. The summed E-state index contributed by atoms with van der Waals surface area (Å²) in [6.45, 7) is 0. The Labute approximate surface area is 150 Å². The van der Waals surface area contributed by atoms with E-state index < -0.39 is 0 Å². The van der Waals surface area contributed by atoms with Crippen LogP contribution < -0.4 is 11.1 Å². The van der Waals surface area contributed by atoms with Crippen molar-refractivity contribution in [1.82, 2.24) is 4.98 Å². The molecule has 0 aliphatic heterocycles. The maximum absolute atomic E-state index is 6.02. The second-order valence-electron chi connectivity index (χ2n) is 5.23. The van der Waals surface area contributed by atoms with Gasteiger partial charge in [0.05, 0.1) is 5.69 Å². The van der Waals surface area contributed by atoms with Crippen molar-refractivity contribution < 1.29 is 0 Å². The molecule has 0 unspecified atom stereocenters. The van der Waals surface area contributed by atoms with Gasteiger partial charge in [-0.3, -0.25) is 0 Å². The van der Waals surface area contributed by atoms with Crippen molar-refractivity contribution in [2.45, 2.75) is 0 Å². The minimum atomic E-state index is 0.604. The van der Waals surface area contributed by atoms with Crippen LogP contribution >= 0.6 is 23.2 Å². The number of pyridine rings is 1. The average Bonchev–Trinajstić information content (AvgIpc) is 2.55. The van der Waals surface area contributed by atoms with Gasteiger partial charge in [-0.15, -0.1) is 0 Å². The third-order valence-corrected chi connectivity index (χ3v) is 3.78. The lowest BCUT2D eigenvalue weighted by atomic mass is 10.1. The number of anilines is 3. The van der Waals surface area contributed by atoms with Crippen LogP contribution in [0.2, 0.25) is 10.0 Å². The number of nitrogens with zero attached hydrogens (tertiary/aromatic N) is 1. The van der Waals surface area contributed by atoms with E-state index in [-0.39, 0.29) is 0 Å². The molecule has 5 heteroatoms. The van der Waals surface area contributed by atoms with Gasteiger partial charge in [0.2, 0.25) is 0 Å². The molecule has 0 aliphatic carbocycles. The highest BCUT2D eigenvalue weighted by Crippen LogP contribution is 2.23. The van der Waals surface area contributed by atoms with Crippen molar-refractivity contribution >= 4 is 52.5 Å². The number of aromatic nitrogens is 1. The van der Waals surface area contributed by atoms with Crippen LogP contribution in [0.25, 0.3) is 12.2 Å². The number of rotatable bonds is 4. The molecular weight excluding hydrogens is 341 g/mol. The monoisotopic (exact) mass is 355 g/mol. The first kappa shape index (κ1) is 16.4. The lowest BCUT2D eigenvalue weighted by molar-refractivity contribution is 1.31. The topological polar surface area (TPSA) is 50.9 Å². The number of benzene rings is 2. The molecule has 1 aromatic heterocycles. The lowest BCUT2D eigenvalue weighted by Crippen LogP contribution is -1.98. The molecule has 3 nitrogen and oxygen atoms in total. The standard InChI is InChI=1S/C19H15Cl2N3/c20-15-9-14(10-16(21)12-15)7-6-13-3-1-4-17(11-13)24-19-18(22)5-2-8-23-19/h1-12H,22H2,(H,23,24). The zero-order valence-electron chi connectivity index (χ0n) is 12.7. The molecule has 0 spiro atoms. The summed E-state index contributed by atoms with van der Waals surface area (Å²) in [5, 5.41) is 4.44. The van der Waals surface area contributed by atoms with Crippen LogP contribution in [0.15, 0.2) is 60.8 Å². The Hall–Kier alpha value is -2.49. The third kappa shape index (κ3) is 4.28. The Morgan fingerprint density at radius 1 is 0.875 bits per heavy atom. The van der Waals surface area contributed by atoms with E-state index >= 15 is 0 Å². The summed E-state index contributed by atoms with van der Waals surface area (Å²) in [7, 11) is 0. The highest BCUT2D eigenvalue weighted by atomic mass is 35.5. The van der Waals surface area contributed by atoms with E-state index in [1.807, 2.05) is 54.6 Å². The van der Waals surface area contributed by atoms with Gasteiger partial charge < -0.3 is 11.1 Å². The van der Waals surface area contributed by atoms with E-state index in [1.54, 1.807) is 18.3 Å². The molecule has 0 saturated heterocycles. The second kappa shape index (κ2) is 7.39. The Bertz CT molecular complexity index is 871. The Kier molecular flexibility index (Phi) is 5.04. The van der Waals surface area contributed by atoms with Crippen molar-refractivity contribution in [3.63, 3.8) is 0 Å². The third-order valence-electron chi connectivity index (χ3n) is 3.34. The van der Waals surface area contributed by atoms with E-state index in [1.165, 1.54) is 0 Å². The molecule has 0 bridgehead atoms. The van der Waals surface area contributed by atoms with Gasteiger partial charge in [0.25, 0.3) is 0 Å².